The Kier molecular flexibility index (Phi) is 6.30. The summed E-state index contributed by atoms with van der Waals surface area (Å²) < 4.78 is 26.4. The SMILES string of the molecule is CC(C)CNCC/C=C/c1c(Cl)ccc(F)c1F. The third-order valence-corrected chi connectivity index (χ3v) is 2.73. The van der Waals surface area contributed by atoms with Crippen molar-refractivity contribution in [3.63, 3.8) is 0 Å². The van der Waals surface area contributed by atoms with Crippen molar-refractivity contribution in [2.24, 2.45) is 5.92 Å². The highest BCUT2D eigenvalue weighted by Gasteiger charge is 2.09. The average molecular weight is 274 g/mol. The molecule has 18 heavy (non-hydrogen) atoms. The van der Waals surface area contributed by atoms with Crippen molar-refractivity contribution in [2.45, 2.75) is 20.3 Å². The predicted octanol–water partition coefficient (Wildman–Crippen LogP) is 4.27. The van der Waals surface area contributed by atoms with Crippen LogP contribution in [0.1, 0.15) is 25.8 Å². The van der Waals surface area contributed by atoms with Crippen LogP contribution in [0.3, 0.4) is 0 Å². The van der Waals surface area contributed by atoms with E-state index in [1.54, 1.807) is 6.08 Å². The molecule has 0 aromatic heterocycles. The standard InChI is InChI=1S/C14H18ClF2N/c1-10(2)9-18-8-4-3-5-11-12(15)6-7-13(16)14(11)17/h3,5-7,10,18H,4,8-9H2,1-2H3/b5-3+. The highest BCUT2D eigenvalue weighted by molar-refractivity contribution is 6.32. The minimum absolute atomic E-state index is 0.112. The molecule has 1 aromatic rings. The van der Waals surface area contributed by atoms with Gasteiger partial charge < -0.3 is 5.32 Å². The van der Waals surface area contributed by atoms with E-state index in [9.17, 15) is 8.78 Å². The average Bonchev–Trinajstić information content (AvgIpc) is 2.32. The maximum atomic E-state index is 13.4. The first-order chi connectivity index (χ1) is 8.52. The fourth-order valence-electron chi connectivity index (χ4n) is 1.47. The Balaban J connectivity index is 2.50. The monoisotopic (exact) mass is 273 g/mol. The molecular weight excluding hydrogens is 256 g/mol. The zero-order valence-electron chi connectivity index (χ0n) is 10.6. The van der Waals surface area contributed by atoms with Gasteiger partial charge >= 0.3 is 0 Å². The van der Waals surface area contributed by atoms with Gasteiger partial charge in [-0.1, -0.05) is 37.6 Å². The molecule has 0 heterocycles. The van der Waals surface area contributed by atoms with Crippen LogP contribution in [-0.2, 0) is 0 Å². The molecule has 0 unspecified atom stereocenters. The zero-order valence-corrected chi connectivity index (χ0v) is 11.4. The quantitative estimate of drug-likeness (QED) is 0.603. The van der Waals surface area contributed by atoms with Crippen molar-refractivity contribution >= 4 is 17.7 Å². The molecule has 0 saturated carbocycles. The van der Waals surface area contributed by atoms with Crippen molar-refractivity contribution in [1.82, 2.24) is 5.32 Å². The molecule has 100 valence electrons. The highest BCUT2D eigenvalue weighted by atomic mass is 35.5. The van der Waals surface area contributed by atoms with E-state index in [4.69, 9.17) is 11.6 Å². The van der Waals surface area contributed by atoms with Crippen molar-refractivity contribution in [2.75, 3.05) is 13.1 Å². The summed E-state index contributed by atoms with van der Waals surface area (Å²) in [6.45, 7) is 6.02. The largest absolute Gasteiger partial charge is 0.316 e. The van der Waals surface area contributed by atoms with Gasteiger partial charge in [-0.25, -0.2) is 8.78 Å². The van der Waals surface area contributed by atoms with Gasteiger partial charge in [0, 0.05) is 5.56 Å². The van der Waals surface area contributed by atoms with Crippen molar-refractivity contribution in [1.29, 1.82) is 0 Å². The first kappa shape index (κ1) is 15.1. The number of halogens is 3. The number of hydrogen-bond donors (Lipinski definition) is 1. The Morgan fingerprint density at radius 3 is 2.72 bits per heavy atom. The molecule has 1 nitrogen and oxygen atoms in total. The summed E-state index contributed by atoms with van der Waals surface area (Å²) in [7, 11) is 0. The lowest BCUT2D eigenvalue weighted by Crippen LogP contribution is -2.20. The van der Waals surface area contributed by atoms with Crippen LogP contribution >= 0.6 is 11.6 Å². The van der Waals surface area contributed by atoms with E-state index in [1.165, 1.54) is 12.1 Å². The maximum Gasteiger partial charge on any atom is 0.167 e. The summed E-state index contributed by atoms with van der Waals surface area (Å²) in [6, 6.07) is 2.38. The van der Waals surface area contributed by atoms with Gasteiger partial charge in [0.2, 0.25) is 0 Å². The van der Waals surface area contributed by atoms with Crippen LogP contribution in [0.15, 0.2) is 18.2 Å². The van der Waals surface area contributed by atoms with Crippen LogP contribution < -0.4 is 5.32 Å². The van der Waals surface area contributed by atoms with E-state index < -0.39 is 11.6 Å². The second kappa shape index (κ2) is 7.49. The second-order valence-electron chi connectivity index (χ2n) is 4.55. The van der Waals surface area contributed by atoms with Crippen LogP contribution in [0.5, 0.6) is 0 Å². The number of hydrogen-bond acceptors (Lipinski definition) is 1. The van der Waals surface area contributed by atoms with Gasteiger partial charge in [0.25, 0.3) is 0 Å². The van der Waals surface area contributed by atoms with Crippen LogP contribution in [0, 0.1) is 17.6 Å². The van der Waals surface area contributed by atoms with Crippen molar-refractivity contribution in [3.8, 4) is 0 Å². The van der Waals surface area contributed by atoms with E-state index in [0.29, 0.717) is 5.92 Å². The van der Waals surface area contributed by atoms with Gasteiger partial charge in [0.1, 0.15) is 0 Å². The van der Waals surface area contributed by atoms with E-state index >= 15 is 0 Å². The molecule has 0 bridgehead atoms. The summed E-state index contributed by atoms with van der Waals surface area (Å²) >= 11 is 5.81. The minimum atomic E-state index is -0.895. The summed E-state index contributed by atoms with van der Waals surface area (Å²) in [4.78, 5) is 0. The van der Waals surface area contributed by atoms with Gasteiger partial charge in [0.15, 0.2) is 11.6 Å². The smallest absolute Gasteiger partial charge is 0.167 e. The summed E-state index contributed by atoms with van der Waals surface area (Å²) in [5, 5.41) is 3.48. The molecule has 0 aliphatic carbocycles. The Labute approximate surface area is 112 Å². The molecule has 0 spiro atoms. The Morgan fingerprint density at radius 1 is 1.33 bits per heavy atom. The second-order valence-corrected chi connectivity index (χ2v) is 4.95. The molecule has 1 aromatic carbocycles. The van der Waals surface area contributed by atoms with E-state index in [0.717, 1.165) is 25.6 Å². The highest BCUT2D eigenvalue weighted by Crippen LogP contribution is 2.22. The fraction of sp³-hybridized carbons (Fsp3) is 0.429. The Morgan fingerprint density at radius 2 is 2.06 bits per heavy atom. The van der Waals surface area contributed by atoms with Crippen LogP contribution in [-0.4, -0.2) is 13.1 Å². The van der Waals surface area contributed by atoms with Crippen molar-refractivity contribution in [3.05, 3.63) is 40.4 Å². The molecule has 0 saturated heterocycles. The Hall–Kier alpha value is -0.930. The van der Waals surface area contributed by atoms with E-state index in [1.807, 2.05) is 0 Å². The minimum Gasteiger partial charge on any atom is -0.316 e. The molecule has 1 rings (SSSR count). The number of rotatable bonds is 6. The molecule has 0 fully saturated rings. The van der Waals surface area contributed by atoms with E-state index in [2.05, 4.69) is 19.2 Å². The maximum absolute atomic E-state index is 13.4. The lowest BCUT2D eigenvalue weighted by atomic mass is 10.1. The lowest BCUT2D eigenvalue weighted by Gasteiger charge is -2.05. The lowest BCUT2D eigenvalue weighted by molar-refractivity contribution is 0.507. The number of nitrogens with one attached hydrogen (secondary N) is 1. The summed E-state index contributed by atoms with van der Waals surface area (Å²) in [5.41, 5.74) is 0.112. The first-order valence-electron chi connectivity index (χ1n) is 6.03. The topological polar surface area (TPSA) is 12.0 Å². The van der Waals surface area contributed by atoms with Gasteiger partial charge in [-0.15, -0.1) is 0 Å². The molecule has 0 aliphatic rings. The van der Waals surface area contributed by atoms with Gasteiger partial charge in [0.05, 0.1) is 5.02 Å². The first-order valence-corrected chi connectivity index (χ1v) is 6.41. The predicted molar refractivity (Wildman–Crippen MR) is 72.7 cm³/mol. The molecule has 1 N–H and O–H groups in total. The fourth-order valence-corrected chi connectivity index (χ4v) is 1.68. The van der Waals surface area contributed by atoms with Crippen molar-refractivity contribution < 1.29 is 8.78 Å². The van der Waals surface area contributed by atoms with Gasteiger partial charge in [-0.3, -0.25) is 0 Å². The summed E-state index contributed by atoms with van der Waals surface area (Å²) in [6.07, 6.45) is 4.06. The van der Waals surface area contributed by atoms with Gasteiger partial charge in [-0.2, -0.15) is 0 Å². The van der Waals surface area contributed by atoms with E-state index in [-0.39, 0.29) is 10.6 Å². The molecule has 0 amide bonds. The summed E-state index contributed by atoms with van der Waals surface area (Å²) in [5.74, 6) is -1.17. The molecule has 0 aliphatic heterocycles. The third kappa shape index (κ3) is 4.75. The molecule has 0 atom stereocenters. The molecule has 4 heteroatoms. The van der Waals surface area contributed by atoms with Gasteiger partial charge in [-0.05, 0) is 37.6 Å². The Bertz CT molecular complexity index is 417. The number of benzene rings is 1. The molecular formula is C14H18ClF2N. The van der Waals surface area contributed by atoms with Crippen LogP contribution in [0.4, 0.5) is 8.78 Å². The zero-order chi connectivity index (χ0) is 13.5. The van der Waals surface area contributed by atoms with Crippen LogP contribution in [0.2, 0.25) is 5.02 Å². The molecule has 0 radical (unpaired) electrons. The normalized spacial score (nSPS) is 11.7. The van der Waals surface area contributed by atoms with Crippen LogP contribution in [0.25, 0.3) is 6.08 Å². The third-order valence-electron chi connectivity index (χ3n) is 2.40.